The highest BCUT2D eigenvalue weighted by Gasteiger charge is 2.15. The van der Waals surface area contributed by atoms with Gasteiger partial charge in [-0.25, -0.2) is 0 Å². The van der Waals surface area contributed by atoms with Crippen LogP contribution in [0.3, 0.4) is 0 Å². The summed E-state index contributed by atoms with van der Waals surface area (Å²) in [6, 6.07) is 0. The van der Waals surface area contributed by atoms with E-state index < -0.39 is 9.13 Å². The van der Waals surface area contributed by atoms with E-state index in [4.69, 9.17) is 0 Å². The highest BCUT2D eigenvalue weighted by Crippen LogP contribution is 2.06. The fourth-order valence-electron chi connectivity index (χ4n) is 0.547. The van der Waals surface area contributed by atoms with Crippen molar-refractivity contribution in [1.82, 2.24) is 0 Å². The normalized spacial score (nSPS) is 25.3. The second-order valence-corrected chi connectivity index (χ2v) is 7.82. The Morgan fingerprint density at radius 1 is 1.29 bits per heavy atom. The summed E-state index contributed by atoms with van der Waals surface area (Å²) in [5.74, 6) is 0. The average Bonchev–Trinajstić information content (AvgIpc) is 1.69. The minimum absolute atomic E-state index is 0.956. The summed E-state index contributed by atoms with van der Waals surface area (Å²) >= 11 is 0. The molecule has 1 aliphatic rings. The molecule has 1 heterocycles. The van der Waals surface area contributed by atoms with Gasteiger partial charge >= 0.3 is 0 Å². The molecular weight excluding hydrogens is 139 g/mol. The van der Waals surface area contributed by atoms with Gasteiger partial charge in [-0.15, -0.1) is 0 Å². The molecule has 0 atom stereocenters. The minimum atomic E-state index is -1.27. The largest absolute Gasteiger partial charge is 0.315 e. The van der Waals surface area contributed by atoms with Crippen LogP contribution in [0.4, 0.5) is 4.11 Å². The molecular formula is C3H6FSi3. The van der Waals surface area contributed by atoms with Gasteiger partial charge in [0.15, 0.2) is 0 Å². The average molecular weight is 145 g/mol. The Bertz CT molecular complexity index is 52.1. The number of hydrogen-bond acceptors (Lipinski definition) is 0. The summed E-state index contributed by atoms with van der Waals surface area (Å²) < 4.78 is 12.3. The van der Waals surface area contributed by atoms with Crippen LogP contribution in [0.1, 0.15) is 0 Å². The molecule has 1 saturated heterocycles. The van der Waals surface area contributed by atoms with Crippen molar-refractivity contribution < 1.29 is 4.11 Å². The third-order valence-electron chi connectivity index (χ3n) is 0.884. The Hall–Kier alpha value is 0.581. The van der Waals surface area contributed by atoms with Crippen LogP contribution in [0.2, 0.25) is 17.0 Å². The molecule has 0 aromatic heterocycles. The molecule has 37 valence electrons. The molecule has 0 spiro atoms. The van der Waals surface area contributed by atoms with Crippen molar-refractivity contribution in [1.29, 1.82) is 0 Å². The first-order valence-electron chi connectivity index (χ1n) is 2.31. The van der Waals surface area contributed by atoms with E-state index in [1.165, 1.54) is 5.67 Å². The highest BCUT2D eigenvalue weighted by molar-refractivity contribution is 6.80. The maximum Gasteiger partial charge on any atom is 0.264 e. The molecule has 0 bridgehead atoms. The quantitative estimate of drug-likeness (QED) is 0.347. The fourth-order valence-corrected chi connectivity index (χ4v) is 8.30. The lowest BCUT2D eigenvalue weighted by Gasteiger charge is -2.07. The minimum Gasteiger partial charge on any atom is -0.315 e. The van der Waals surface area contributed by atoms with Gasteiger partial charge in [0.25, 0.3) is 9.13 Å². The molecule has 0 N–H and O–H groups in total. The van der Waals surface area contributed by atoms with Crippen molar-refractivity contribution in [2.75, 3.05) is 0 Å². The maximum atomic E-state index is 12.3. The molecule has 1 rings (SSSR count). The summed E-state index contributed by atoms with van der Waals surface area (Å²) in [5.41, 5.74) is 3.24. The first-order chi connectivity index (χ1) is 3.39. The lowest BCUT2D eigenvalue weighted by Crippen LogP contribution is -2.19. The van der Waals surface area contributed by atoms with Crippen LogP contribution in [0, 0.1) is 0 Å². The molecule has 0 saturated carbocycles. The van der Waals surface area contributed by atoms with E-state index in [0.717, 1.165) is 30.4 Å². The standard InChI is InChI=1S/C3H6FSi3/c4-7-2-5-1-6-3-7/h1-3H2. The lowest BCUT2D eigenvalue weighted by atomic mass is 11.8. The van der Waals surface area contributed by atoms with E-state index in [0.29, 0.717) is 0 Å². The summed E-state index contributed by atoms with van der Waals surface area (Å²) in [7, 11) is 0.661. The van der Waals surface area contributed by atoms with E-state index in [1.807, 2.05) is 0 Å². The van der Waals surface area contributed by atoms with E-state index in [-0.39, 0.29) is 0 Å². The molecule has 0 aliphatic carbocycles. The zero-order valence-corrected chi connectivity index (χ0v) is 7.00. The van der Waals surface area contributed by atoms with Crippen molar-refractivity contribution in [3.05, 3.63) is 0 Å². The predicted molar refractivity (Wildman–Crippen MR) is 32.8 cm³/mol. The Balaban J connectivity index is 2.12. The fraction of sp³-hybridized carbons (Fsp3) is 1.00. The van der Waals surface area contributed by atoms with Crippen molar-refractivity contribution >= 4 is 28.2 Å². The molecule has 0 unspecified atom stereocenters. The van der Waals surface area contributed by atoms with E-state index in [1.54, 1.807) is 0 Å². The molecule has 0 amide bonds. The van der Waals surface area contributed by atoms with Gasteiger partial charge in [-0.2, -0.15) is 0 Å². The highest BCUT2D eigenvalue weighted by atomic mass is 28.4. The van der Waals surface area contributed by atoms with Gasteiger partial charge in [-0.05, 0) is 11.3 Å². The van der Waals surface area contributed by atoms with Crippen LogP contribution in [0.5, 0.6) is 0 Å². The maximum absolute atomic E-state index is 12.3. The molecule has 7 heavy (non-hydrogen) atoms. The van der Waals surface area contributed by atoms with Crippen molar-refractivity contribution in [2.24, 2.45) is 0 Å². The van der Waals surface area contributed by atoms with Crippen molar-refractivity contribution in [2.45, 2.75) is 17.0 Å². The zero-order valence-electron chi connectivity index (χ0n) is 4.00. The van der Waals surface area contributed by atoms with Crippen molar-refractivity contribution in [3.8, 4) is 0 Å². The first kappa shape index (κ1) is 5.71. The van der Waals surface area contributed by atoms with Gasteiger partial charge in [0.05, 0.1) is 0 Å². The van der Waals surface area contributed by atoms with Crippen LogP contribution < -0.4 is 0 Å². The molecule has 0 aromatic rings. The Kier molecular flexibility index (Phi) is 2.27. The number of halogens is 1. The van der Waals surface area contributed by atoms with E-state index >= 15 is 0 Å². The molecule has 1 aliphatic heterocycles. The molecule has 0 aromatic carbocycles. The van der Waals surface area contributed by atoms with Crippen LogP contribution in [-0.2, 0) is 0 Å². The molecule has 0 nitrogen and oxygen atoms in total. The lowest BCUT2D eigenvalue weighted by molar-refractivity contribution is 0.836. The summed E-state index contributed by atoms with van der Waals surface area (Å²) in [5, 5.41) is 0. The smallest absolute Gasteiger partial charge is 0.264 e. The number of rotatable bonds is 0. The van der Waals surface area contributed by atoms with Gasteiger partial charge in [-0.3, -0.25) is 0 Å². The van der Waals surface area contributed by atoms with E-state index in [9.17, 15) is 4.11 Å². The van der Waals surface area contributed by atoms with Crippen LogP contribution >= 0.6 is 0 Å². The topological polar surface area (TPSA) is 0 Å². The second-order valence-electron chi connectivity index (χ2n) is 1.55. The van der Waals surface area contributed by atoms with Gasteiger partial charge in [-0.1, -0.05) is 5.67 Å². The van der Waals surface area contributed by atoms with Gasteiger partial charge < -0.3 is 4.11 Å². The first-order valence-corrected chi connectivity index (χ1v) is 6.93. The second kappa shape index (κ2) is 2.78. The van der Waals surface area contributed by atoms with Gasteiger partial charge in [0, 0.05) is 19.0 Å². The third-order valence-corrected chi connectivity index (χ3v) is 7.95. The van der Waals surface area contributed by atoms with Crippen LogP contribution in [0.15, 0.2) is 0 Å². The molecule has 5 radical (unpaired) electrons. The summed E-state index contributed by atoms with van der Waals surface area (Å²) in [6.45, 7) is 0. The van der Waals surface area contributed by atoms with E-state index in [2.05, 4.69) is 0 Å². The monoisotopic (exact) mass is 145 g/mol. The van der Waals surface area contributed by atoms with Gasteiger partial charge in [0.2, 0.25) is 0 Å². The molecule has 1 fully saturated rings. The Labute approximate surface area is 49.9 Å². The SMILES string of the molecule is F[Si]1C[Si]C[Si]C1. The Morgan fingerprint density at radius 3 is 2.14 bits per heavy atom. The number of hydrogen-bond donors (Lipinski definition) is 0. The van der Waals surface area contributed by atoms with Crippen LogP contribution in [0.25, 0.3) is 0 Å². The third kappa shape index (κ3) is 1.88. The summed E-state index contributed by atoms with van der Waals surface area (Å²) in [6.07, 6.45) is 0. The molecule has 4 heteroatoms. The zero-order chi connectivity index (χ0) is 5.11. The van der Waals surface area contributed by atoms with Crippen LogP contribution in [-0.4, -0.2) is 28.2 Å². The predicted octanol–water partition coefficient (Wildman–Crippen LogP) is 0.660. The van der Waals surface area contributed by atoms with Gasteiger partial charge in [0.1, 0.15) is 0 Å². The Morgan fingerprint density at radius 2 is 1.86 bits per heavy atom. The summed E-state index contributed by atoms with van der Waals surface area (Å²) in [4.78, 5) is 0. The van der Waals surface area contributed by atoms with Crippen molar-refractivity contribution in [3.63, 3.8) is 0 Å².